The Hall–Kier alpha value is -2.03. The van der Waals surface area contributed by atoms with Crippen molar-refractivity contribution >= 4 is 22.4 Å². The van der Waals surface area contributed by atoms with Gasteiger partial charge in [-0.1, -0.05) is 41.7 Å². The zero-order valence-electron chi connectivity index (χ0n) is 12.6. The number of carbonyl (C=O) groups excluding carboxylic acids is 1. The molecule has 2 aromatic rings. The van der Waals surface area contributed by atoms with Gasteiger partial charge in [0, 0.05) is 13.1 Å². The summed E-state index contributed by atoms with van der Waals surface area (Å²) in [5.74, 6) is -0.0467. The van der Waals surface area contributed by atoms with Gasteiger partial charge >= 0.3 is 0 Å². The normalized spacial score (nSPS) is 16.9. The predicted octanol–water partition coefficient (Wildman–Crippen LogP) is 0.658. The topological polar surface area (TPSA) is 93.4 Å². The molecule has 1 aliphatic rings. The maximum absolute atomic E-state index is 12.4. The first-order valence-corrected chi connectivity index (χ1v) is 8.27. The van der Waals surface area contributed by atoms with Crippen molar-refractivity contribution in [3.63, 3.8) is 0 Å². The second-order valence-electron chi connectivity index (χ2n) is 5.28. The van der Waals surface area contributed by atoms with Gasteiger partial charge < -0.3 is 15.8 Å². The highest BCUT2D eigenvalue weighted by Gasteiger charge is 2.22. The smallest absolute Gasteiger partial charge is 0.235 e. The number of hydrogen-bond donors (Lipinski definition) is 2. The fourth-order valence-electron chi connectivity index (χ4n) is 2.47. The maximum Gasteiger partial charge on any atom is 0.235 e. The summed E-state index contributed by atoms with van der Waals surface area (Å²) in [5, 5.41) is 12.1. The number of nitrogens with one attached hydrogen (secondary N) is 1. The van der Waals surface area contributed by atoms with Crippen LogP contribution in [-0.2, 0) is 9.53 Å². The number of amides is 1. The molecule has 7 nitrogen and oxygen atoms in total. The SMILES string of the molecule is Nc1nnc(C(NC(=O)CN2CCOCC2)c2ccccc2)s1. The van der Waals surface area contributed by atoms with Gasteiger partial charge in [0.15, 0.2) is 0 Å². The van der Waals surface area contributed by atoms with Crippen LogP contribution in [0.1, 0.15) is 16.6 Å². The molecule has 0 saturated carbocycles. The molecule has 8 heteroatoms. The lowest BCUT2D eigenvalue weighted by Crippen LogP contribution is -2.44. The van der Waals surface area contributed by atoms with Crippen molar-refractivity contribution in [3.05, 3.63) is 40.9 Å². The number of aromatic nitrogens is 2. The van der Waals surface area contributed by atoms with Crippen LogP contribution in [0.15, 0.2) is 30.3 Å². The molecule has 1 aromatic carbocycles. The van der Waals surface area contributed by atoms with Gasteiger partial charge in [-0.3, -0.25) is 9.69 Å². The lowest BCUT2D eigenvalue weighted by atomic mass is 10.1. The highest BCUT2D eigenvalue weighted by atomic mass is 32.1. The van der Waals surface area contributed by atoms with Gasteiger partial charge in [0.2, 0.25) is 11.0 Å². The van der Waals surface area contributed by atoms with Crippen LogP contribution in [0.25, 0.3) is 0 Å². The fraction of sp³-hybridized carbons (Fsp3) is 0.400. The highest BCUT2D eigenvalue weighted by molar-refractivity contribution is 7.15. The average Bonchev–Trinajstić information content (AvgIpc) is 3.00. The molecular weight excluding hydrogens is 314 g/mol. The van der Waals surface area contributed by atoms with Crippen molar-refractivity contribution in [3.8, 4) is 0 Å². The molecule has 0 spiro atoms. The van der Waals surface area contributed by atoms with Gasteiger partial charge in [-0.15, -0.1) is 10.2 Å². The average molecular weight is 333 g/mol. The first-order chi connectivity index (χ1) is 11.2. The minimum atomic E-state index is -0.334. The number of rotatable bonds is 5. The van der Waals surface area contributed by atoms with E-state index in [0.717, 1.165) is 18.7 Å². The number of nitrogens with two attached hydrogens (primary N) is 1. The Morgan fingerprint density at radius 3 is 2.70 bits per heavy atom. The molecule has 1 unspecified atom stereocenters. The molecule has 0 aliphatic carbocycles. The van der Waals surface area contributed by atoms with E-state index in [9.17, 15) is 4.79 Å². The summed E-state index contributed by atoms with van der Waals surface area (Å²) in [7, 11) is 0. The zero-order valence-corrected chi connectivity index (χ0v) is 13.5. The number of benzene rings is 1. The summed E-state index contributed by atoms with van der Waals surface area (Å²) in [6.45, 7) is 3.23. The first-order valence-electron chi connectivity index (χ1n) is 7.45. The fourth-order valence-corrected chi connectivity index (χ4v) is 3.16. The van der Waals surface area contributed by atoms with E-state index in [1.807, 2.05) is 30.3 Å². The highest BCUT2D eigenvalue weighted by Crippen LogP contribution is 2.25. The second-order valence-corrected chi connectivity index (χ2v) is 6.32. The summed E-state index contributed by atoms with van der Waals surface area (Å²) in [6, 6.07) is 9.38. The molecule has 3 N–H and O–H groups in total. The molecule has 1 amide bonds. The van der Waals surface area contributed by atoms with E-state index in [1.54, 1.807) is 0 Å². The number of nitrogens with zero attached hydrogens (tertiary/aromatic N) is 3. The van der Waals surface area contributed by atoms with Crippen molar-refractivity contribution in [2.45, 2.75) is 6.04 Å². The van der Waals surface area contributed by atoms with E-state index < -0.39 is 0 Å². The van der Waals surface area contributed by atoms with Gasteiger partial charge in [0.25, 0.3) is 0 Å². The molecule has 1 fully saturated rings. The standard InChI is InChI=1S/C15H19N5O2S/c16-15-19-18-14(23-15)13(11-4-2-1-3-5-11)17-12(21)10-20-6-8-22-9-7-20/h1-5,13H,6-10H2,(H2,16,19)(H,17,21). The third kappa shape index (κ3) is 4.25. The van der Waals surface area contributed by atoms with Crippen molar-refractivity contribution in [2.75, 3.05) is 38.6 Å². The van der Waals surface area contributed by atoms with Crippen molar-refractivity contribution in [1.82, 2.24) is 20.4 Å². The lowest BCUT2D eigenvalue weighted by Gasteiger charge is -2.26. The number of morpholine rings is 1. The summed E-state index contributed by atoms with van der Waals surface area (Å²) >= 11 is 1.29. The van der Waals surface area contributed by atoms with Crippen LogP contribution in [0.5, 0.6) is 0 Å². The monoisotopic (exact) mass is 333 g/mol. The minimum Gasteiger partial charge on any atom is -0.379 e. The minimum absolute atomic E-state index is 0.0467. The van der Waals surface area contributed by atoms with Crippen LogP contribution >= 0.6 is 11.3 Å². The largest absolute Gasteiger partial charge is 0.379 e. The van der Waals surface area contributed by atoms with Gasteiger partial charge in [-0.25, -0.2) is 0 Å². The van der Waals surface area contributed by atoms with E-state index in [1.165, 1.54) is 11.3 Å². The quantitative estimate of drug-likeness (QED) is 0.835. The van der Waals surface area contributed by atoms with Crippen LogP contribution in [0.3, 0.4) is 0 Å². The maximum atomic E-state index is 12.4. The van der Waals surface area contributed by atoms with E-state index in [-0.39, 0.29) is 11.9 Å². The van der Waals surface area contributed by atoms with Gasteiger partial charge in [0.1, 0.15) is 11.0 Å². The summed E-state index contributed by atoms with van der Waals surface area (Å²) in [6.07, 6.45) is 0. The summed E-state index contributed by atoms with van der Waals surface area (Å²) < 4.78 is 5.30. The molecule has 1 aliphatic heterocycles. The molecular formula is C15H19N5O2S. The Morgan fingerprint density at radius 1 is 1.30 bits per heavy atom. The Bertz CT molecular complexity index is 642. The molecule has 1 aromatic heterocycles. The van der Waals surface area contributed by atoms with Crippen molar-refractivity contribution < 1.29 is 9.53 Å². The summed E-state index contributed by atoms with van der Waals surface area (Å²) in [5.41, 5.74) is 6.64. The molecule has 3 rings (SSSR count). The Balaban J connectivity index is 1.72. The van der Waals surface area contributed by atoms with Gasteiger partial charge in [-0.05, 0) is 5.56 Å². The van der Waals surface area contributed by atoms with Gasteiger partial charge in [0.05, 0.1) is 19.8 Å². The van der Waals surface area contributed by atoms with E-state index in [0.29, 0.717) is 29.9 Å². The Labute approximate surface area is 138 Å². The van der Waals surface area contributed by atoms with Crippen molar-refractivity contribution in [1.29, 1.82) is 0 Å². The third-order valence-corrected chi connectivity index (χ3v) is 4.43. The number of ether oxygens (including phenoxy) is 1. The van der Waals surface area contributed by atoms with E-state index >= 15 is 0 Å². The predicted molar refractivity (Wildman–Crippen MR) is 88.0 cm³/mol. The third-order valence-electron chi connectivity index (χ3n) is 3.61. The first kappa shape index (κ1) is 15.9. The van der Waals surface area contributed by atoms with Crippen LogP contribution in [0.2, 0.25) is 0 Å². The number of carbonyl (C=O) groups is 1. The number of anilines is 1. The Kier molecular flexibility index (Phi) is 5.16. The molecule has 2 heterocycles. The van der Waals surface area contributed by atoms with Crippen LogP contribution in [-0.4, -0.2) is 53.9 Å². The van der Waals surface area contributed by atoms with Crippen LogP contribution in [0.4, 0.5) is 5.13 Å². The molecule has 0 bridgehead atoms. The van der Waals surface area contributed by atoms with E-state index in [4.69, 9.17) is 10.5 Å². The second kappa shape index (κ2) is 7.49. The molecule has 1 atom stereocenters. The van der Waals surface area contributed by atoms with Crippen LogP contribution in [0, 0.1) is 0 Å². The van der Waals surface area contributed by atoms with Crippen molar-refractivity contribution in [2.24, 2.45) is 0 Å². The number of hydrogen-bond acceptors (Lipinski definition) is 7. The lowest BCUT2D eigenvalue weighted by molar-refractivity contribution is -0.123. The molecule has 0 radical (unpaired) electrons. The van der Waals surface area contributed by atoms with E-state index in [2.05, 4.69) is 20.4 Å². The Morgan fingerprint density at radius 2 is 2.04 bits per heavy atom. The van der Waals surface area contributed by atoms with Crippen LogP contribution < -0.4 is 11.1 Å². The molecule has 23 heavy (non-hydrogen) atoms. The molecule has 122 valence electrons. The zero-order chi connectivity index (χ0) is 16.1. The van der Waals surface area contributed by atoms with Gasteiger partial charge in [-0.2, -0.15) is 0 Å². The number of nitrogen functional groups attached to an aromatic ring is 1. The molecule has 1 saturated heterocycles. The summed E-state index contributed by atoms with van der Waals surface area (Å²) in [4.78, 5) is 14.5.